The average molecular weight is 264 g/mol. The van der Waals surface area contributed by atoms with Crippen LogP contribution in [-0.4, -0.2) is 36.9 Å². The van der Waals surface area contributed by atoms with Gasteiger partial charge in [0.1, 0.15) is 0 Å². The van der Waals surface area contributed by atoms with E-state index >= 15 is 0 Å². The Balaban J connectivity index is 1.93. The molecule has 0 unspecified atom stereocenters. The molecule has 0 radical (unpaired) electrons. The lowest BCUT2D eigenvalue weighted by Crippen LogP contribution is -2.32. The van der Waals surface area contributed by atoms with Crippen LogP contribution in [0, 0.1) is 17.3 Å². The van der Waals surface area contributed by atoms with Gasteiger partial charge in [0, 0.05) is 30.8 Å². The van der Waals surface area contributed by atoms with Gasteiger partial charge in [-0.15, -0.1) is 0 Å². The molecule has 0 saturated heterocycles. The number of rotatable bonds is 6. The van der Waals surface area contributed by atoms with Gasteiger partial charge >= 0.3 is 0 Å². The van der Waals surface area contributed by atoms with Gasteiger partial charge in [0.15, 0.2) is 5.78 Å². The number of nitrogens with one attached hydrogen (secondary N) is 1. The van der Waals surface area contributed by atoms with E-state index in [4.69, 9.17) is 0 Å². The lowest BCUT2D eigenvalue weighted by atomic mass is 9.95. The van der Waals surface area contributed by atoms with Crippen LogP contribution in [0.25, 0.3) is 0 Å². The molecule has 0 spiro atoms. The molecule has 2 aliphatic rings. The molecule has 2 rings (SSSR count). The fourth-order valence-electron chi connectivity index (χ4n) is 3.66. The van der Waals surface area contributed by atoms with E-state index < -0.39 is 0 Å². The number of ketones is 1. The van der Waals surface area contributed by atoms with Gasteiger partial charge in [-0.25, -0.2) is 0 Å². The standard InChI is InChI=1S/C16H28N2O/c1-6-18(7-2)9-8-17-11(3)14-13(19)10-12-15(14)16(12,4)5/h12,15,17H,6-10H2,1-5H3/t12-,15-/m1/s1. The minimum atomic E-state index is 0.352. The van der Waals surface area contributed by atoms with Crippen molar-refractivity contribution < 1.29 is 4.79 Å². The summed E-state index contributed by atoms with van der Waals surface area (Å²) in [4.78, 5) is 14.4. The number of nitrogens with zero attached hydrogens (tertiary/aromatic N) is 1. The number of Topliss-reactive ketones (excluding diaryl/α,β-unsaturated/α-hetero) is 1. The monoisotopic (exact) mass is 264 g/mol. The van der Waals surface area contributed by atoms with E-state index in [-0.39, 0.29) is 0 Å². The molecule has 3 heteroatoms. The van der Waals surface area contributed by atoms with Crippen LogP contribution in [0.3, 0.4) is 0 Å². The maximum Gasteiger partial charge on any atom is 0.161 e. The van der Waals surface area contributed by atoms with E-state index in [1.54, 1.807) is 0 Å². The predicted octanol–water partition coefficient (Wildman–Crippen LogP) is 2.44. The van der Waals surface area contributed by atoms with Crippen LogP contribution < -0.4 is 5.32 Å². The molecule has 108 valence electrons. The molecule has 0 amide bonds. The second kappa shape index (κ2) is 5.28. The molecule has 0 aliphatic heterocycles. The van der Waals surface area contributed by atoms with Gasteiger partial charge in [0.2, 0.25) is 0 Å². The third kappa shape index (κ3) is 2.58. The predicted molar refractivity (Wildman–Crippen MR) is 78.9 cm³/mol. The number of fused-ring (bicyclic) bond motifs is 1. The molecule has 0 heterocycles. The summed E-state index contributed by atoms with van der Waals surface area (Å²) in [5.74, 6) is 1.50. The molecule has 2 atom stereocenters. The van der Waals surface area contributed by atoms with E-state index in [9.17, 15) is 4.79 Å². The van der Waals surface area contributed by atoms with Gasteiger partial charge in [-0.05, 0) is 37.3 Å². The van der Waals surface area contributed by atoms with Crippen LogP contribution in [0.2, 0.25) is 0 Å². The molecule has 0 aromatic carbocycles. The second-order valence-electron chi connectivity index (χ2n) is 6.53. The molecule has 2 fully saturated rings. The minimum absolute atomic E-state index is 0.352. The Morgan fingerprint density at radius 3 is 2.53 bits per heavy atom. The van der Waals surface area contributed by atoms with E-state index in [1.807, 2.05) is 0 Å². The number of carbonyl (C=O) groups excluding carboxylic acids is 1. The zero-order valence-electron chi connectivity index (χ0n) is 13.0. The molecule has 3 nitrogen and oxygen atoms in total. The highest BCUT2D eigenvalue weighted by molar-refractivity contribution is 6.01. The van der Waals surface area contributed by atoms with Crippen LogP contribution in [0.1, 0.15) is 41.0 Å². The Labute approximate surface area is 117 Å². The minimum Gasteiger partial charge on any atom is -0.387 e. The SMILES string of the molecule is CCN(CC)CCNC(C)=C1C(=O)C[C@@H]2[C@H]1C2(C)C. The third-order valence-corrected chi connectivity index (χ3v) is 5.18. The summed E-state index contributed by atoms with van der Waals surface area (Å²) in [7, 11) is 0. The molecular weight excluding hydrogens is 236 g/mol. The highest BCUT2D eigenvalue weighted by Crippen LogP contribution is 2.68. The lowest BCUT2D eigenvalue weighted by Gasteiger charge is -2.20. The molecule has 0 aromatic heterocycles. The van der Waals surface area contributed by atoms with Crippen molar-refractivity contribution in [3.63, 3.8) is 0 Å². The van der Waals surface area contributed by atoms with E-state index in [2.05, 4.69) is 44.8 Å². The molecule has 0 bridgehead atoms. The second-order valence-corrected chi connectivity index (χ2v) is 6.53. The topological polar surface area (TPSA) is 32.3 Å². The van der Waals surface area contributed by atoms with Crippen molar-refractivity contribution in [1.82, 2.24) is 10.2 Å². The first kappa shape index (κ1) is 14.6. The Kier molecular flexibility index (Phi) is 4.05. The Bertz CT molecular complexity index is 394. The van der Waals surface area contributed by atoms with E-state index in [0.29, 0.717) is 23.0 Å². The van der Waals surface area contributed by atoms with Crippen molar-refractivity contribution in [2.24, 2.45) is 17.3 Å². The number of hydrogen-bond acceptors (Lipinski definition) is 3. The molecule has 2 aliphatic carbocycles. The summed E-state index contributed by atoms with van der Waals surface area (Å²) in [6.07, 6.45) is 0.766. The van der Waals surface area contributed by atoms with Crippen LogP contribution in [-0.2, 0) is 4.79 Å². The van der Waals surface area contributed by atoms with Gasteiger partial charge in [-0.1, -0.05) is 27.7 Å². The normalized spacial score (nSPS) is 30.5. The number of likely N-dealkylation sites (N-methyl/N-ethyl adjacent to an activating group) is 1. The van der Waals surface area contributed by atoms with Gasteiger partial charge in [-0.3, -0.25) is 4.79 Å². The number of allylic oxidation sites excluding steroid dienone is 2. The summed E-state index contributed by atoms with van der Waals surface area (Å²) in [6.45, 7) is 15.2. The summed E-state index contributed by atoms with van der Waals surface area (Å²) in [6, 6.07) is 0. The first-order valence-electron chi connectivity index (χ1n) is 7.63. The van der Waals surface area contributed by atoms with Crippen molar-refractivity contribution in [3.05, 3.63) is 11.3 Å². The fourth-order valence-corrected chi connectivity index (χ4v) is 3.66. The van der Waals surface area contributed by atoms with Crippen molar-refractivity contribution in [3.8, 4) is 0 Å². The summed E-state index contributed by atoms with van der Waals surface area (Å²) < 4.78 is 0. The maximum absolute atomic E-state index is 12.0. The highest BCUT2D eigenvalue weighted by Gasteiger charge is 2.65. The van der Waals surface area contributed by atoms with Crippen molar-refractivity contribution in [1.29, 1.82) is 0 Å². The summed E-state index contributed by atoms with van der Waals surface area (Å²) in [5, 5.41) is 3.47. The van der Waals surface area contributed by atoms with Crippen molar-refractivity contribution >= 4 is 5.78 Å². The quantitative estimate of drug-likeness (QED) is 0.748. The molecule has 0 aromatic rings. The van der Waals surface area contributed by atoms with E-state index in [1.165, 1.54) is 0 Å². The number of carbonyl (C=O) groups is 1. The third-order valence-electron chi connectivity index (χ3n) is 5.18. The zero-order chi connectivity index (χ0) is 14.2. The lowest BCUT2D eigenvalue weighted by molar-refractivity contribution is -0.115. The largest absolute Gasteiger partial charge is 0.387 e. The van der Waals surface area contributed by atoms with Gasteiger partial charge in [0.05, 0.1) is 0 Å². The number of hydrogen-bond donors (Lipinski definition) is 1. The van der Waals surface area contributed by atoms with Gasteiger partial charge < -0.3 is 10.2 Å². The first-order valence-corrected chi connectivity index (χ1v) is 7.63. The van der Waals surface area contributed by atoms with Crippen LogP contribution in [0.5, 0.6) is 0 Å². The summed E-state index contributed by atoms with van der Waals surface area (Å²) in [5.41, 5.74) is 2.56. The van der Waals surface area contributed by atoms with Gasteiger partial charge in [0.25, 0.3) is 0 Å². The Morgan fingerprint density at radius 2 is 2.00 bits per heavy atom. The summed E-state index contributed by atoms with van der Waals surface area (Å²) >= 11 is 0. The van der Waals surface area contributed by atoms with Gasteiger partial charge in [-0.2, -0.15) is 0 Å². The van der Waals surface area contributed by atoms with Crippen LogP contribution in [0.15, 0.2) is 11.3 Å². The average Bonchev–Trinajstić information content (AvgIpc) is 2.74. The zero-order valence-corrected chi connectivity index (χ0v) is 13.0. The smallest absolute Gasteiger partial charge is 0.161 e. The highest BCUT2D eigenvalue weighted by atomic mass is 16.1. The van der Waals surface area contributed by atoms with Crippen molar-refractivity contribution in [2.45, 2.75) is 41.0 Å². The Morgan fingerprint density at radius 1 is 1.37 bits per heavy atom. The maximum atomic E-state index is 12.0. The molecular formula is C16H28N2O. The Hall–Kier alpha value is -0.830. The molecule has 2 saturated carbocycles. The van der Waals surface area contributed by atoms with E-state index in [0.717, 1.165) is 43.9 Å². The first-order chi connectivity index (χ1) is 8.93. The molecule has 19 heavy (non-hydrogen) atoms. The van der Waals surface area contributed by atoms with Crippen LogP contribution >= 0.6 is 0 Å². The fraction of sp³-hybridized carbons (Fsp3) is 0.812. The molecule has 1 N–H and O–H groups in total. The van der Waals surface area contributed by atoms with Crippen LogP contribution in [0.4, 0.5) is 0 Å². The van der Waals surface area contributed by atoms with Crippen molar-refractivity contribution in [2.75, 3.05) is 26.2 Å².